The molecule has 7 heteroatoms. The summed E-state index contributed by atoms with van der Waals surface area (Å²) in [7, 11) is -0.450. The number of para-hydroxylation sites is 1. The van der Waals surface area contributed by atoms with Crippen LogP contribution in [0.4, 0.5) is 5.69 Å². The van der Waals surface area contributed by atoms with Crippen LogP contribution < -0.4 is 14.8 Å². The second-order valence-electron chi connectivity index (χ2n) is 7.94. The minimum atomic E-state index is -3.62. The Bertz CT molecular complexity index is 810. The van der Waals surface area contributed by atoms with Gasteiger partial charge in [-0.05, 0) is 36.1 Å². The zero-order valence-corrected chi connectivity index (χ0v) is 19.6. The predicted molar refractivity (Wildman–Crippen MR) is 122 cm³/mol. The number of methoxy groups -OCH3 is 2. The Labute approximate surface area is 180 Å². The van der Waals surface area contributed by atoms with Crippen molar-refractivity contribution in [2.75, 3.05) is 32.8 Å². The Morgan fingerprint density at radius 2 is 1.47 bits per heavy atom. The van der Waals surface area contributed by atoms with E-state index < -0.39 is 13.4 Å². The smallest absolute Gasteiger partial charge is 0.357 e. The van der Waals surface area contributed by atoms with Gasteiger partial charge < -0.3 is 23.8 Å². The lowest BCUT2D eigenvalue weighted by Crippen LogP contribution is -2.18. The topological polar surface area (TPSA) is 66.0 Å². The van der Waals surface area contributed by atoms with Crippen LogP contribution >= 0.6 is 7.60 Å². The first-order chi connectivity index (χ1) is 14.3. The van der Waals surface area contributed by atoms with E-state index in [1.807, 2.05) is 70.2 Å². The van der Waals surface area contributed by atoms with E-state index in [4.69, 9.17) is 18.5 Å². The largest absolute Gasteiger partial charge is 0.497 e. The molecule has 2 rings (SSSR count). The molecule has 1 N–H and O–H groups in total. The maximum absolute atomic E-state index is 14.2. The zero-order valence-electron chi connectivity index (χ0n) is 18.8. The van der Waals surface area contributed by atoms with Gasteiger partial charge in [-0.3, -0.25) is 4.57 Å². The van der Waals surface area contributed by atoms with E-state index in [9.17, 15) is 4.57 Å². The van der Waals surface area contributed by atoms with E-state index in [0.717, 1.165) is 5.69 Å². The molecule has 0 fully saturated rings. The highest BCUT2D eigenvalue weighted by atomic mass is 31.2. The van der Waals surface area contributed by atoms with Crippen molar-refractivity contribution in [1.29, 1.82) is 0 Å². The fraction of sp³-hybridized carbons (Fsp3) is 0.478. The van der Waals surface area contributed by atoms with E-state index in [1.165, 1.54) is 0 Å². The van der Waals surface area contributed by atoms with E-state index in [0.29, 0.717) is 30.3 Å². The first kappa shape index (κ1) is 24.3. The van der Waals surface area contributed by atoms with Gasteiger partial charge in [0.15, 0.2) is 5.78 Å². The summed E-state index contributed by atoms with van der Waals surface area (Å²) in [6.45, 7) is 8.70. The highest BCUT2D eigenvalue weighted by molar-refractivity contribution is 7.54. The van der Waals surface area contributed by atoms with Crippen LogP contribution in [0.3, 0.4) is 0 Å². The Hall–Kier alpha value is -2.01. The molecular formula is C23H34NO5P. The number of ether oxygens (including phenoxy) is 2. The van der Waals surface area contributed by atoms with Crippen LogP contribution in [0, 0.1) is 11.8 Å². The van der Waals surface area contributed by atoms with E-state index >= 15 is 0 Å². The molecule has 1 atom stereocenters. The van der Waals surface area contributed by atoms with Crippen molar-refractivity contribution >= 4 is 13.3 Å². The van der Waals surface area contributed by atoms with Crippen molar-refractivity contribution in [1.82, 2.24) is 0 Å². The lowest BCUT2D eigenvalue weighted by atomic mass is 10.1. The molecule has 0 radical (unpaired) electrons. The second kappa shape index (κ2) is 11.4. The summed E-state index contributed by atoms with van der Waals surface area (Å²) in [4.78, 5) is 0. The Morgan fingerprint density at radius 3 is 1.97 bits per heavy atom. The molecule has 0 bridgehead atoms. The molecule has 0 aliphatic rings. The third-order valence-corrected chi connectivity index (χ3v) is 6.36. The molecule has 166 valence electrons. The molecule has 0 aliphatic heterocycles. The molecule has 1 unspecified atom stereocenters. The summed E-state index contributed by atoms with van der Waals surface area (Å²) in [6, 6.07) is 15.0. The number of nitrogens with one attached hydrogen (secondary N) is 1. The normalized spacial score (nSPS) is 12.8. The summed E-state index contributed by atoms with van der Waals surface area (Å²) in [5, 5.41) is 3.36. The molecule has 2 aromatic rings. The molecule has 30 heavy (non-hydrogen) atoms. The molecule has 0 saturated heterocycles. The van der Waals surface area contributed by atoms with E-state index in [1.54, 1.807) is 20.3 Å². The molecule has 0 aliphatic carbocycles. The van der Waals surface area contributed by atoms with Gasteiger partial charge >= 0.3 is 7.60 Å². The van der Waals surface area contributed by atoms with Crippen LogP contribution in [-0.2, 0) is 13.6 Å². The summed E-state index contributed by atoms with van der Waals surface area (Å²) in [5.41, 5.74) is 1.49. The van der Waals surface area contributed by atoms with Crippen molar-refractivity contribution in [2.45, 2.75) is 33.5 Å². The third kappa shape index (κ3) is 6.76. The predicted octanol–water partition coefficient (Wildman–Crippen LogP) is 6.35. The number of benzene rings is 2. The van der Waals surface area contributed by atoms with Crippen LogP contribution in [0.15, 0.2) is 48.5 Å². The second-order valence-corrected chi connectivity index (χ2v) is 10.1. The molecular weight excluding hydrogens is 401 g/mol. The highest BCUT2D eigenvalue weighted by Crippen LogP contribution is 2.62. The molecule has 0 spiro atoms. The number of hydrogen-bond donors (Lipinski definition) is 1. The third-order valence-electron chi connectivity index (χ3n) is 4.30. The summed E-state index contributed by atoms with van der Waals surface area (Å²) in [6.07, 6.45) is 0. The summed E-state index contributed by atoms with van der Waals surface area (Å²) >= 11 is 0. The zero-order chi connectivity index (χ0) is 22.1. The van der Waals surface area contributed by atoms with Gasteiger partial charge in [-0.2, -0.15) is 0 Å². The van der Waals surface area contributed by atoms with Gasteiger partial charge in [0, 0.05) is 17.3 Å². The molecule has 0 saturated carbocycles. The van der Waals surface area contributed by atoms with Crippen molar-refractivity contribution < 1.29 is 23.1 Å². The Balaban J connectivity index is 2.55. The Morgan fingerprint density at radius 1 is 0.867 bits per heavy atom. The van der Waals surface area contributed by atoms with Crippen LogP contribution in [0.25, 0.3) is 0 Å². The number of anilines is 1. The quantitative estimate of drug-likeness (QED) is 0.392. The fourth-order valence-corrected chi connectivity index (χ4v) is 5.00. The maximum Gasteiger partial charge on any atom is 0.357 e. The number of rotatable bonds is 12. The molecule has 6 nitrogen and oxygen atoms in total. The molecule has 0 aromatic heterocycles. The first-order valence-corrected chi connectivity index (χ1v) is 11.8. The number of hydrogen-bond acceptors (Lipinski definition) is 6. The molecule has 0 heterocycles. The minimum Gasteiger partial charge on any atom is -0.497 e. The maximum atomic E-state index is 14.2. The van der Waals surface area contributed by atoms with Gasteiger partial charge in [-0.25, -0.2) is 0 Å². The van der Waals surface area contributed by atoms with Crippen molar-refractivity contribution in [3.05, 3.63) is 54.1 Å². The van der Waals surface area contributed by atoms with Gasteiger partial charge in [0.25, 0.3) is 0 Å². The molecule has 0 amide bonds. The Kier molecular flexibility index (Phi) is 9.22. The van der Waals surface area contributed by atoms with E-state index in [-0.39, 0.29) is 11.8 Å². The first-order valence-electron chi connectivity index (χ1n) is 10.2. The van der Waals surface area contributed by atoms with Gasteiger partial charge in [-0.1, -0.05) is 45.9 Å². The van der Waals surface area contributed by atoms with E-state index in [2.05, 4.69) is 5.32 Å². The fourth-order valence-electron chi connectivity index (χ4n) is 2.76. The summed E-state index contributed by atoms with van der Waals surface area (Å²) in [5.74, 6) is 0.852. The van der Waals surface area contributed by atoms with Crippen LogP contribution in [0.1, 0.15) is 39.0 Å². The van der Waals surface area contributed by atoms with Gasteiger partial charge in [0.1, 0.15) is 11.5 Å². The average molecular weight is 436 g/mol. The van der Waals surface area contributed by atoms with Gasteiger partial charge in [0.05, 0.1) is 27.4 Å². The van der Waals surface area contributed by atoms with Gasteiger partial charge in [-0.15, -0.1) is 0 Å². The highest BCUT2D eigenvalue weighted by Gasteiger charge is 2.40. The standard InChI is InChI=1S/C23H34NO5P/c1-17(2)15-28-30(25,29-16-18(3)4)23(24-19-10-8-7-9-11-19)21-13-12-20(26-5)14-22(21)27-6/h7-14,17-18,23-24H,15-16H2,1-6H3. The summed E-state index contributed by atoms with van der Waals surface area (Å²) < 4.78 is 37.0. The lowest BCUT2D eigenvalue weighted by Gasteiger charge is -2.30. The SMILES string of the molecule is COc1ccc(C(Nc2ccccc2)P(=O)(OCC(C)C)OCC(C)C)c(OC)c1. The van der Waals surface area contributed by atoms with Gasteiger partial charge in [0.2, 0.25) is 0 Å². The van der Waals surface area contributed by atoms with Crippen molar-refractivity contribution in [3.8, 4) is 11.5 Å². The monoisotopic (exact) mass is 435 g/mol. The average Bonchev–Trinajstić information content (AvgIpc) is 2.75. The molecule has 2 aromatic carbocycles. The van der Waals surface area contributed by atoms with Crippen LogP contribution in [-0.4, -0.2) is 27.4 Å². The van der Waals surface area contributed by atoms with Crippen LogP contribution in [0.2, 0.25) is 0 Å². The lowest BCUT2D eigenvalue weighted by molar-refractivity contribution is 0.168. The minimum absolute atomic E-state index is 0.205. The van der Waals surface area contributed by atoms with Crippen LogP contribution in [0.5, 0.6) is 11.5 Å². The van der Waals surface area contributed by atoms with Crippen molar-refractivity contribution in [3.63, 3.8) is 0 Å². The van der Waals surface area contributed by atoms with Crippen molar-refractivity contribution in [2.24, 2.45) is 11.8 Å².